The molecule has 0 aliphatic heterocycles. The van der Waals surface area contributed by atoms with Crippen LogP contribution < -0.4 is 0 Å². The summed E-state index contributed by atoms with van der Waals surface area (Å²) in [5, 5.41) is 8.56. The molecule has 2 nitrogen and oxygen atoms in total. The van der Waals surface area contributed by atoms with Gasteiger partial charge in [0.05, 0.1) is 15.8 Å². The molecule has 13 heavy (non-hydrogen) atoms. The fourth-order valence-electron chi connectivity index (χ4n) is 1.06. The summed E-state index contributed by atoms with van der Waals surface area (Å²) in [5.74, 6) is -0.515. The standard InChI is InChI=1S/C8H3FN2S2/c9-5-2-6-7(1-4(5)3-10)13-8(12)11-6/h1-2H,(H,11,12). The quantitative estimate of drug-likeness (QED) is 0.679. The molecule has 5 heteroatoms. The molecule has 1 heterocycles. The summed E-state index contributed by atoms with van der Waals surface area (Å²) in [6.07, 6.45) is 0. The number of halogens is 1. The lowest BCUT2D eigenvalue weighted by atomic mass is 10.2. The topological polar surface area (TPSA) is 39.6 Å². The summed E-state index contributed by atoms with van der Waals surface area (Å²) >= 11 is 6.23. The second-order valence-electron chi connectivity index (χ2n) is 2.45. The van der Waals surface area contributed by atoms with Gasteiger partial charge >= 0.3 is 0 Å². The van der Waals surface area contributed by atoms with Crippen LogP contribution in [0.1, 0.15) is 5.56 Å². The highest BCUT2D eigenvalue weighted by atomic mass is 32.1. The molecule has 64 valence electrons. The predicted molar refractivity (Wildman–Crippen MR) is 51.7 cm³/mol. The van der Waals surface area contributed by atoms with Crippen molar-refractivity contribution in [3.63, 3.8) is 0 Å². The molecule has 0 bridgehead atoms. The zero-order chi connectivity index (χ0) is 9.42. The van der Waals surface area contributed by atoms with Gasteiger partial charge in [0.25, 0.3) is 0 Å². The molecule has 0 saturated carbocycles. The summed E-state index contributed by atoms with van der Waals surface area (Å²) in [5.41, 5.74) is 0.698. The fourth-order valence-corrected chi connectivity index (χ4v) is 2.19. The Labute approximate surface area is 82.3 Å². The third kappa shape index (κ3) is 1.34. The van der Waals surface area contributed by atoms with E-state index in [-0.39, 0.29) is 5.56 Å². The molecular formula is C8H3FN2S2. The second kappa shape index (κ2) is 2.91. The Morgan fingerprint density at radius 3 is 3.00 bits per heavy atom. The Morgan fingerprint density at radius 2 is 2.31 bits per heavy atom. The smallest absolute Gasteiger partial charge is 0.159 e. The highest BCUT2D eigenvalue weighted by molar-refractivity contribution is 7.73. The average molecular weight is 210 g/mol. The number of benzene rings is 1. The van der Waals surface area contributed by atoms with E-state index in [1.807, 2.05) is 0 Å². The summed E-state index contributed by atoms with van der Waals surface area (Å²) in [7, 11) is 0. The van der Waals surface area contributed by atoms with Crippen LogP contribution >= 0.6 is 23.6 Å². The second-order valence-corrected chi connectivity index (χ2v) is 4.17. The number of hydrogen-bond acceptors (Lipinski definition) is 3. The number of fused-ring (bicyclic) bond motifs is 1. The number of hydrogen-bond donors (Lipinski definition) is 1. The van der Waals surface area contributed by atoms with Crippen molar-refractivity contribution in [2.45, 2.75) is 0 Å². The van der Waals surface area contributed by atoms with Crippen molar-refractivity contribution in [3.8, 4) is 6.07 Å². The van der Waals surface area contributed by atoms with Crippen LogP contribution in [0.3, 0.4) is 0 Å². The van der Waals surface area contributed by atoms with Gasteiger partial charge in [-0.25, -0.2) is 4.39 Å². The first-order valence-corrected chi connectivity index (χ1v) is 4.65. The Hall–Kier alpha value is -1.25. The molecule has 0 fully saturated rings. The van der Waals surface area contributed by atoms with Crippen molar-refractivity contribution in [2.24, 2.45) is 0 Å². The SMILES string of the molecule is N#Cc1cc2sc(=S)[nH]c2cc1F. The number of nitrogens with zero attached hydrogens (tertiary/aromatic N) is 1. The van der Waals surface area contributed by atoms with Crippen LogP contribution in [0.4, 0.5) is 4.39 Å². The number of aromatic nitrogens is 1. The van der Waals surface area contributed by atoms with Crippen LogP contribution in [0.2, 0.25) is 0 Å². The van der Waals surface area contributed by atoms with Crippen LogP contribution in [-0.4, -0.2) is 4.98 Å². The number of nitrogens with one attached hydrogen (secondary N) is 1. The third-order valence-corrected chi connectivity index (χ3v) is 2.83. The van der Waals surface area contributed by atoms with Crippen molar-refractivity contribution in [1.82, 2.24) is 4.98 Å². The molecule has 1 aromatic heterocycles. The zero-order valence-corrected chi connectivity index (χ0v) is 7.93. The molecule has 0 spiro atoms. The van der Waals surface area contributed by atoms with Crippen LogP contribution in [0.5, 0.6) is 0 Å². The van der Waals surface area contributed by atoms with Crippen molar-refractivity contribution in [1.29, 1.82) is 5.26 Å². The van der Waals surface area contributed by atoms with Gasteiger partial charge in [-0.15, -0.1) is 11.3 Å². The molecule has 1 aromatic carbocycles. The van der Waals surface area contributed by atoms with E-state index in [2.05, 4.69) is 4.98 Å². The maximum atomic E-state index is 13.1. The van der Waals surface area contributed by atoms with Gasteiger partial charge in [-0.2, -0.15) is 5.26 Å². The monoisotopic (exact) mass is 210 g/mol. The molecule has 2 rings (SSSR count). The maximum absolute atomic E-state index is 13.1. The molecule has 0 aliphatic carbocycles. The first kappa shape index (κ1) is 8.35. The Morgan fingerprint density at radius 1 is 1.54 bits per heavy atom. The van der Waals surface area contributed by atoms with E-state index in [0.29, 0.717) is 9.47 Å². The molecule has 0 atom stereocenters. The van der Waals surface area contributed by atoms with Gasteiger partial charge in [0.15, 0.2) is 3.95 Å². The first-order valence-electron chi connectivity index (χ1n) is 3.43. The fraction of sp³-hybridized carbons (Fsp3) is 0. The summed E-state index contributed by atoms with van der Waals surface area (Å²) in [6, 6.07) is 4.57. The zero-order valence-electron chi connectivity index (χ0n) is 6.30. The van der Waals surface area contributed by atoms with Crippen molar-refractivity contribution >= 4 is 33.8 Å². The Bertz CT molecular complexity index is 562. The van der Waals surface area contributed by atoms with Crippen LogP contribution in [-0.2, 0) is 0 Å². The molecule has 0 saturated heterocycles. The Kier molecular flexibility index (Phi) is 1.87. The number of aromatic amines is 1. The van der Waals surface area contributed by atoms with Gasteiger partial charge in [0.2, 0.25) is 0 Å². The van der Waals surface area contributed by atoms with Crippen LogP contribution in [0.15, 0.2) is 12.1 Å². The maximum Gasteiger partial charge on any atom is 0.159 e. The van der Waals surface area contributed by atoms with E-state index in [0.717, 1.165) is 4.70 Å². The molecule has 0 unspecified atom stereocenters. The summed E-state index contributed by atoms with van der Waals surface area (Å²) < 4.78 is 14.5. The molecular weight excluding hydrogens is 207 g/mol. The number of thiazole rings is 1. The normalized spacial score (nSPS) is 10.2. The lowest BCUT2D eigenvalue weighted by molar-refractivity contribution is 0.625. The van der Waals surface area contributed by atoms with Gasteiger partial charge < -0.3 is 4.98 Å². The highest BCUT2D eigenvalue weighted by Gasteiger charge is 2.05. The minimum absolute atomic E-state index is 0.0535. The van der Waals surface area contributed by atoms with Crippen molar-refractivity contribution in [2.75, 3.05) is 0 Å². The van der Waals surface area contributed by atoms with Crippen LogP contribution in [0.25, 0.3) is 10.2 Å². The highest BCUT2D eigenvalue weighted by Crippen LogP contribution is 2.22. The van der Waals surface area contributed by atoms with Gasteiger partial charge in [0, 0.05) is 6.07 Å². The van der Waals surface area contributed by atoms with E-state index >= 15 is 0 Å². The summed E-state index contributed by atoms with van der Waals surface area (Å²) in [4.78, 5) is 2.83. The number of nitriles is 1. The molecule has 0 aliphatic rings. The molecule has 0 radical (unpaired) electrons. The van der Waals surface area contributed by atoms with Gasteiger partial charge in [-0.3, -0.25) is 0 Å². The minimum atomic E-state index is -0.515. The van der Waals surface area contributed by atoms with Crippen LogP contribution in [0, 0.1) is 21.1 Å². The largest absolute Gasteiger partial charge is 0.337 e. The molecule has 2 aromatic rings. The predicted octanol–water partition coefficient (Wildman–Crippen LogP) is 2.97. The van der Waals surface area contributed by atoms with E-state index in [9.17, 15) is 4.39 Å². The van der Waals surface area contributed by atoms with Crippen molar-refractivity contribution < 1.29 is 4.39 Å². The average Bonchev–Trinajstić information content (AvgIpc) is 2.42. The minimum Gasteiger partial charge on any atom is -0.337 e. The third-order valence-electron chi connectivity index (χ3n) is 1.63. The van der Waals surface area contributed by atoms with Gasteiger partial charge in [0.1, 0.15) is 11.9 Å². The lowest BCUT2D eigenvalue weighted by Gasteiger charge is -1.91. The first-order chi connectivity index (χ1) is 6.20. The summed E-state index contributed by atoms with van der Waals surface area (Å²) in [6.45, 7) is 0. The number of rotatable bonds is 0. The van der Waals surface area contributed by atoms with E-state index < -0.39 is 5.82 Å². The molecule has 1 N–H and O–H groups in total. The van der Waals surface area contributed by atoms with E-state index in [1.165, 1.54) is 23.5 Å². The van der Waals surface area contributed by atoms with Crippen molar-refractivity contribution in [3.05, 3.63) is 27.5 Å². The Balaban J connectivity index is 2.90. The lowest BCUT2D eigenvalue weighted by Crippen LogP contribution is -1.81. The number of H-pyrrole nitrogens is 1. The van der Waals surface area contributed by atoms with Gasteiger partial charge in [-0.05, 0) is 18.3 Å². The van der Waals surface area contributed by atoms with Gasteiger partial charge in [-0.1, -0.05) is 0 Å². The molecule has 0 amide bonds. The van der Waals surface area contributed by atoms with E-state index in [1.54, 1.807) is 6.07 Å². The van der Waals surface area contributed by atoms with E-state index in [4.69, 9.17) is 17.5 Å².